The first-order valence-electron chi connectivity index (χ1n) is 7.12. The van der Waals surface area contributed by atoms with Crippen LogP contribution in [0.1, 0.15) is 37.8 Å². The quantitative estimate of drug-likeness (QED) is 0.837. The van der Waals surface area contributed by atoms with Crippen LogP contribution >= 0.6 is 36.4 Å². The molecule has 0 aromatic heterocycles. The van der Waals surface area contributed by atoms with E-state index in [9.17, 15) is 4.39 Å². The van der Waals surface area contributed by atoms with Gasteiger partial charge in [-0.2, -0.15) is 0 Å². The molecule has 0 bridgehead atoms. The van der Waals surface area contributed by atoms with Gasteiger partial charge in [-0.1, -0.05) is 31.4 Å². The van der Waals surface area contributed by atoms with Crippen molar-refractivity contribution < 1.29 is 4.39 Å². The third-order valence-corrected chi connectivity index (χ3v) is 3.98. The Hall–Kier alpha value is -0.0600. The highest BCUT2D eigenvalue weighted by Crippen LogP contribution is 2.30. The number of nitrogens with one attached hydrogen (secondary N) is 1. The molecule has 0 unspecified atom stereocenters. The molecule has 1 aliphatic heterocycles. The van der Waals surface area contributed by atoms with Crippen molar-refractivity contribution in [2.24, 2.45) is 0 Å². The van der Waals surface area contributed by atoms with Crippen LogP contribution in [0.5, 0.6) is 0 Å². The summed E-state index contributed by atoms with van der Waals surface area (Å²) in [5, 5.41) is 3.96. The van der Waals surface area contributed by atoms with Crippen LogP contribution in [0.25, 0.3) is 0 Å². The van der Waals surface area contributed by atoms with Crippen LogP contribution in [-0.4, -0.2) is 31.1 Å². The molecule has 2 rings (SSSR count). The van der Waals surface area contributed by atoms with Crippen molar-refractivity contribution in [1.82, 2.24) is 10.2 Å². The van der Waals surface area contributed by atoms with Crippen LogP contribution in [-0.2, 0) is 0 Å². The molecule has 1 saturated heterocycles. The summed E-state index contributed by atoms with van der Waals surface area (Å²) in [6, 6.07) is 5.05. The van der Waals surface area contributed by atoms with E-state index >= 15 is 0 Å². The fraction of sp³-hybridized carbons (Fsp3) is 0.600. The van der Waals surface area contributed by atoms with Crippen LogP contribution in [0.3, 0.4) is 0 Å². The Morgan fingerprint density at radius 1 is 1.29 bits per heavy atom. The molecule has 0 aliphatic carbocycles. The first-order chi connectivity index (χ1) is 9.22. The molecule has 1 fully saturated rings. The fourth-order valence-corrected chi connectivity index (χ4v) is 2.88. The number of halogens is 4. The van der Waals surface area contributed by atoms with Crippen molar-refractivity contribution >= 4 is 36.4 Å². The van der Waals surface area contributed by atoms with Gasteiger partial charge in [-0.25, -0.2) is 4.39 Å². The molecule has 0 amide bonds. The molecule has 2 nitrogen and oxygen atoms in total. The van der Waals surface area contributed by atoms with Gasteiger partial charge in [0.2, 0.25) is 0 Å². The maximum atomic E-state index is 14.1. The minimum atomic E-state index is -0.135. The van der Waals surface area contributed by atoms with E-state index in [2.05, 4.69) is 17.1 Å². The molecule has 1 atom stereocenters. The summed E-state index contributed by atoms with van der Waals surface area (Å²) in [6.07, 6.45) is 3.24. The second-order valence-electron chi connectivity index (χ2n) is 5.11. The Bertz CT molecular complexity index is 412. The van der Waals surface area contributed by atoms with Gasteiger partial charge in [-0.05, 0) is 24.6 Å². The number of nitrogens with zero attached hydrogens (tertiary/aromatic N) is 1. The van der Waals surface area contributed by atoms with E-state index in [-0.39, 0.29) is 36.7 Å². The van der Waals surface area contributed by atoms with Crippen molar-refractivity contribution in [3.63, 3.8) is 0 Å². The minimum absolute atomic E-state index is 0. The summed E-state index contributed by atoms with van der Waals surface area (Å²) in [5.74, 6) is -0.135. The van der Waals surface area contributed by atoms with E-state index < -0.39 is 0 Å². The fourth-order valence-electron chi connectivity index (χ4n) is 2.70. The average molecular weight is 358 g/mol. The van der Waals surface area contributed by atoms with Crippen molar-refractivity contribution in [3.05, 3.63) is 34.6 Å². The second-order valence-corrected chi connectivity index (χ2v) is 5.55. The van der Waals surface area contributed by atoms with E-state index in [0.29, 0.717) is 5.02 Å². The maximum Gasteiger partial charge on any atom is 0.128 e. The van der Waals surface area contributed by atoms with E-state index in [1.54, 1.807) is 12.1 Å². The number of benzene rings is 1. The largest absolute Gasteiger partial charge is 0.314 e. The summed E-state index contributed by atoms with van der Waals surface area (Å²) in [7, 11) is 0. The highest BCUT2D eigenvalue weighted by Gasteiger charge is 2.24. The molecule has 122 valence electrons. The zero-order chi connectivity index (χ0) is 13.7. The van der Waals surface area contributed by atoms with E-state index in [4.69, 9.17) is 11.6 Å². The van der Waals surface area contributed by atoms with E-state index in [1.807, 2.05) is 0 Å². The third-order valence-electron chi connectivity index (χ3n) is 3.74. The van der Waals surface area contributed by atoms with Gasteiger partial charge in [0.1, 0.15) is 5.82 Å². The zero-order valence-corrected chi connectivity index (χ0v) is 14.7. The van der Waals surface area contributed by atoms with Crippen LogP contribution in [0.15, 0.2) is 18.2 Å². The van der Waals surface area contributed by atoms with Gasteiger partial charge in [0.05, 0.1) is 0 Å². The Balaban J connectivity index is 0.00000200. The Kier molecular flexibility index (Phi) is 10.6. The smallest absolute Gasteiger partial charge is 0.128 e. The molecule has 1 heterocycles. The van der Waals surface area contributed by atoms with Crippen molar-refractivity contribution in [1.29, 1.82) is 0 Å². The van der Waals surface area contributed by atoms with Gasteiger partial charge < -0.3 is 5.32 Å². The lowest BCUT2D eigenvalue weighted by Crippen LogP contribution is -2.45. The van der Waals surface area contributed by atoms with Gasteiger partial charge in [-0.15, -0.1) is 24.8 Å². The summed E-state index contributed by atoms with van der Waals surface area (Å²) in [6.45, 7) is 6.07. The zero-order valence-electron chi connectivity index (χ0n) is 12.3. The van der Waals surface area contributed by atoms with Gasteiger partial charge >= 0.3 is 0 Å². The summed E-state index contributed by atoms with van der Waals surface area (Å²) >= 11 is 6.04. The molecule has 21 heavy (non-hydrogen) atoms. The van der Waals surface area contributed by atoms with Crippen LogP contribution in [0.4, 0.5) is 4.39 Å². The summed E-state index contributed by atoms with van der Waals surface area (Å²) in [4.78, 5) is 2.38. The lowest BCUT2D eigenvalue weighted by atomic mass is 9.98. The predicted molar refractivity (Wildman–Crippen MR) is 92.6 cm³/mol. The lowest BCUT2D eigenvalue weighted by Gasteiger charge is -2.35. The van der Waals surface area contributed by atoms with Crippen molar-refractivity contribution in [3.8, 4) is 0 Å². The minimum Gasteiger partial charge on any atom is -0.314 e. The molecule has 1 aromatic rings. The van der Waals surface area contributed by atoms with Gasteiger partial charge in [0, 0.05) is 42.8 Å². The Morgan fingerprint density at radius 2 is 1.95 bits per heavy atom. The molecule has 1 aliphatic rings. The number of hydrogen-bond donors (Lipinski definition) is 1. The molecule has 6 heteroatoms. The standard InChI is InChI=1S/C15H22ClFN2.2ClH/c1-2-3-4-15(19-9-7-18-8-10-19)13-11-12(16)5-6-14(13)17;;/h5-6,11,15,18H,2-4,7-10H2,1H3;2*1H/t15-;;/m0../s1. The molecule has 0 radical (unpaired) electrons. The molecule has 1 N–H and O–H groups in total. The lowest BCUT2D eigenvalue weighted by molar-refractivity contribution is 0.160. The molecule has 1 aromatic carbocycles. The summed E-state index contributed by atoms with van der Waals surface area (Å²) < 4.78 is 14.1. The summed E-state index contributed by atoms with van der Waals surface area (Å²) in [5.41, 5.74) is 0.753. The van der Waals surface area contributed by atoms with Gasteiger partial charge in [0.25, 0.3) is 0 Å². The normalized spacial score (nSPS) is 16.7. The van der Waals surface area contributed by atoms with Gasteiger partial charge in [0.15, 0.2) is 0 Å². The molecular formula is C15H24Cl3FN2. The van der Waals surface area contributed by atoms with E-state index in [0.717, 1.165) is 51.0 Å². The molecule has 0 saturated carbocycles. The molecule has 0 spiro atoms. The number of hydrogen-bond acceptors (Lipinski definition) is 2. The van der Waals surface area contributed by atoms with Gasteiger partial charge in [-0.3, -0.25) is 4.90 Å². The number of piperazine rings is 1. The SMILES string of the molecule is CCCC[C@@H](c1cc(Cl)ccc1F)N1CCNCC1.Cl.Cl. The highest BCUT2D eigenvalue weighted by atomic mass is 35.5. The third kappa shape index (κ3) is 5.91. The van der Waals surface area contributed by atoms with E-state index in [1.165, 1.54) is 6.07 Å². The van der Waals surface area contributed by atoms with Crippen molar-refractivity contribution in [2.45, 2.75) is 32.2 Å². The number of rotatable bonds is 5. The second kappa shape index (κ2) is 10.6. The first-order valence-corrected chi connectivity index (χ1v) is 7.50. The van der Waals surface area contributed by atoms with Crippen LogP contribution in [0, 0.1) is 5.82 Å². The molecular weight excluding hydrogens is 334 g/mol. The van der Waals surface area contributed by atoms with Crippen LogP contribution in [0.2, 0.25) is 5.02 Å². The Morgan fingerprint density at radius 3 is 2.57 bits per heavy atom. The predicted octanol–water partition coefficient (Wildman–Crippen LogP) is 4.46. The number of unbranched alkanes of at least 4 members (excludes halogenated alkanes) is 1. The maximum absolute atomic E-state index is 14.1. The Labute approximate surface area is 144 Å². The first kappa shape index (κ1) is 20.9. The van der Waals surface area contributed by atoms with Crippen molar-refractivity contribution in [2.75, 3.05) is 26.2 Å². The van der Waals surface area contributed by atoms with Crippen LogP contribution < -0.4 is 5.32 Å². The monoisotopic (exact) mass is 356 g/mol. The average Bonchev–Trinajstić information content (AvgIpc) is 2.44. The highest BCUT2D eigenvalue weighted by molar-refractivity contribution is 6.30. The topological polar surface area (TPSA) is 15.3 Å².